The van der Waals surface area contributed by atoms with E-state index >= 15 is 0 Å². The molecule has 7 rings (SSSR count). The van der Waals surface area contributed by atoms with Gasteiger partial charge in [0, 0.05) is 22.5 Å². The highest BCUT2D eigenvalue weighted by atomic mass is 79.9. The van der Waals surface area contributed by atoms with E-state index in [1.54, 1.807) is 11.8 Å². The Hall–Kier alpha value is -3.49. The number of hydrogen-bond acceptors (Lipinski definition) is 9. The van der Waals surface area contributed by atoms with Crippen LogP contribution in [0.2, 0.25) is 0 Å². The van der Waals surface area contributed by atoms with E-state index in [-0.39, 0.29) is 31.2 Å². The summed E-state index contributed by atoms with van der Waals surface area (Å²) in [6.07, 6.45) is 8.76. The lowest BCUT2D eigenvalue weighted by molar-refractivity contribution is -0.140. The van der Waals surface area contributed by atoms with Crippen LogP contribution >= 0.6 is 27.3 Å². The molecule has 260 valence electrons. The van der Waals surface area contributed by atoms with E-state index < -0.39 is 50.3 Å². The van der Waals surface area contributed by atoms with Crippen molar-refractivity contribution in [3.63, 3.8) is 0 Å². The minimum Gasteiger partial charge on any atom is -0.465 e. The SMILES string of the molecule is CC1(S(=O)(=O)NC(=O)[C@@]23C[C@@H]2/C=C\CCCCC[C@H](Nc2ccccc2)C(=O)N2C[C@H](Oc4nc5ccc(Br)cc5s4)C[C@H]2C(=O)N3)CC1. The Morgan fingerprint density at radius 3 is 2.69 bits per heavy atom. The molecule has 0 unspecified atom stereocenters. The molecule has 1 saturated heterocycles. The zero-order valence-electron chi connectivity index (χ0n) is 27.2. The monoisotopic (exact) mass is 769 g/mol. The molecule has 11 nitrogen and oxygen atoms in total. The highest BCUT2D eigenvalue weighted by molar-refractivity contribution is 9.10. The van der Waals surface area contributed by atoms with Crippen molar-refractivity contribution in [2.75, 3.05) is 11.9 Å². The van der Waals surface area contributed by atoms with Gasteiger partial charge in [0.25, 0.3) is 11.1 Å². The number of anilines is 1. The van der Waals surface area contributed by atoms with Gasteiger partial charge in [-0.15, -0.1) is 0 Å². The van der Waals surface area contributed by atoms with Crippen molar-refractivity contribution >= 4 is 70.9 Å². The minimum absolute atomic E-state index is 0.152. The summed E-state index contributed by atoms with van der Waals surface area (Å²) in [6, 6.07) is 13.8. The fourth-order valence-electron chi connectivity index (χ4n) is 6.75. The van der Waals surface area contributed by atoms with Gasteiger partial charge in [-0.1, -0.05) is 70.5 Å². The predicted molar refractivity (Wildman–Crippen MR) is 192 cm³/mol. The van der Waals surface area contributed by atoms with Gasteiger partial charge in [0.2, 0.25) is 21.8 Å². The van der Waals surface area contributed by atoms with Crippen LogP contribution in [0.5, 0.6) is 5.19 Å². The van der Waals surface area contributed by atoms with Crippen LogP contribution in [0.25, 0.3) is 10.2 Å². The van der Waals surface area contributed by atoms with Crippen molar-refractivity contribution in [1.29, 1.82) is 0 Å². The number of nitrogens with one attached hydrogen (secondary N) is 3. The molecular formula is C35H40BrN5O6S2. The van der Waals surface area contributed by atoms with Crippen molar-refractivity contribution in [1.82, 2.24) is 19.9 Å². The van der Waals surface area contributed by atoms with Crippen LogP contribution < -0.4 is 20.1 Å². The third kappa shape index (κ3) is 7.09. The maximum atomic E-state index is 14.4. The molecule has 0 radical (unpaired) electrons. The molecule has 2 saturated carbocycles. The van der Waals surface area contributed by atoms with Gasteiger partial charge in [-0.3, -0.25) is 19.1 Å². The third-order valence-electron chi connectivity index (χ3n) is 10.2. The number of para-hydroxylation sites is 1. The molecular weight excluding hydrogens is 730 g/mol. The smallest absolute Gasteiger partial charge is 0.274 e. The lowest BCUT2D eigenvalue weighted by Gasteiger charge is -2.30. The summed E-state index contributed by atoms with van der Waals surface area (Å²) in [4.78, 5) is 48.7. The van der Waals surface area contributed by atoms with Crippen LogP contribution in [0, 0.1) is 5.92 Å². The quantitative estimate of drug-likeness (QED) is 0.275. The van der Waals surface area contributed by atoms with Gasteiger partial charge in [0.05, 0.1) is 21.5 Å². The number of halogens is 1. The molecule has 2 aliphatic carbocycles. The topological polar surface area (TPSA) is 147 Å². The zero-order valence-corrected chi connectivity index (χ0v) is 30.4. The Labute approximate surface area is 298 Å². The number of carbonyl (C=O) groups is 3. The number of ether oxygens (including phenoxy) is 1. The number of aromatic nitrogens is 1. The molecule has 3 heterocycles. The van der Waals surface area contributed by atoms with E-state index in [1.807, 2.05) is 60.7 Å². The average molecular weight is 771 g/mol. The first-order valence-corrected chi connectivity index (χ1v) is 20.0. The fourth-order valence-corrected chi connectivity index (χ4v) is 9.50. The Bertz CT molecular complexity index is 1900. The lowest BCUT2D eigenvalue weighted by atomic mass is 10.0. The largest absolute Gasteiger partial charge is 0.465 e. The Morgan fingerprint density at radius 1 is 1.12 bits per heavy atom. The number of allylic oxidation sites excluding steroid dienone is 1. The molecule has 0 spiro atoms. The number of rotatable bonds is 7. The fraction of sp³-hybridized carbons (Fsp3) is 0.486. The highest BCUT2D eigenvalue weighted by Crippen LogP contribution is 2.47. The van der Waals surface area contributed by atoms with Gasteiger partial charge < -0.3 is 20.3 Å². The summed E-state index contributed by atoms with van der Waals surface area (Å²) >= 11 is 4.88. The predicted octanol–water partition coefficient (Wildman–Crippen LogP) is 5.28. The normalized spacial score (nSPS) is 29.1. The summed E-state index contributed by atoms with van der Waals surface area (Å²) in [7, 11) is -3.93. The Kier molecular flexibility index (Phi) is 9.24. The minimum atomic E-state index is -3.93. The summed E-state index contributed by atoms with van der Waals surface area (Å²) in [5.74, 6) is -1.84. The first-order valence-electron chi connectivity index (χ1n) is 16.9. The third-order valence-corrected chi connectivity index (χ3v) is 13.7. The number of fused-ring (bicyclic) bond motifs is 3. The van der Waals surface area contributed by atoms with Crippen LogP contribution in [0.15, 0.2) is 65.2 Å². The van der Waals surface area contributed by atoms with Crippen molar-refractivity contribution in [2.24, 2.45) is 5.92 Å². The number of carbonyl (C=O) groups excluding carboxylic acids is 3. The van der Waals surface area contributed by atoms with Gasteiger partial charge in [-0.05, 0) is 75.8 Å². The van der Waals surface area contributed by atoms with Crippen LogP contribution in [0.3, 0.4) is 0 Å². The van der Waals surface area contributed by atoms with E-state index in [9.17, 15) is 22.8 Å². The van der Waals surface area contributed by atoms with Gasteiger partial charge in [-0.25, -0.2) is 13.4 Å². The van der Waals surface area contributed by atoms with Crippen molar-refractivity contribution in [2.45, 2.75) is 93.2 Å². The van der Waals surface area contributed by atoms with E-state index in [1.165, 1.54) is 11.3 Å². The van der Waals surface area contributed by atoms with Crippen molar-refractivity contribution < 1.29 is 27.5 Å². The number of sulfonamides is 1. The number of thiazole rings is 1. The second-order valence-electron chi connectivity index (χ2n) is 13.9. The van der Waals surface area contributed by atoms with Gasteiger partial charge in [-0.2, -0.15) is 0 Å². The number of nitrogens with zero attached hydrogens (tertiary/aromatic N) is 2. The van der Waals surface area contributed by atoms with Gasteiger partial charge >= 0.3 is 0 Å². The summed E-state index contributed by atoms with van der Waals surface area (Å²) in [5.41, 5.74) is 0.159. The highest BCUT2D eigenvalue weighted by Gasteiger charge is 2.63. The second kappa shape index (κ2) is 13.3. The summed E-state index contributed by atoms with van der Waals surface area (Å²) in [6.45, 7) is 1.77. The molecule has 4 aliphatic rings. The lowest BCUT2D eigenvalue weighted by Crippen LogP contribution is -2.58. The molecule has 3 fully saturated rings. The molecule has 0 bridgehead atoms. The first-order chi connectivity index (χ1) is 23.5. The molecule has 3 amide bonds. The maximum absolute atomic E-state index is 14.4. The second-order valence-corrected chi connectivity index (χ2v) is 18.0. The Balaban J connectivity index is 1.18. The molecule has 3 aromatic rings. The van der Waals surface area contributed by atoms with Crippen LogP contribution in [-0.4, -0.2) is 71.0 Å². The summed E-state index contributed by atoms with van der Waals surface area (Å²) in [5, 5.41) is 6.79. The number of hydrogen-bond donors (Lipinski definition) is 3. The zero-order chi connectivity index (χ0) is 34.4. The van der Waals surface area contributed by atoms with E-state index in [4.69, 9.17) is 4.74 Å². The molecule has 2 aliphatic heterocycles. The molecule has 14 heteroatoms. The molecule has 5 atom stereocenters. The first kappa shape index (κ1) is 34.0. The molecule has 3 N–H and O–H groups in total. The standard InChI is InChI=1S/C35H40BrN5O6S2/c1-34(16-17-34)49(45,46)40-32(44)35-20-22(35)10-6-3-2-4-9-13-27(37-24-11-7-5-8-12-24)31(43)41-21-25(19-28(41)30(42)39-35)47-33-38-26-15-14-23(36)18-29(26)48-33/h5-8,10-12,14-15,18,22,25,27-28,37H,2-4,9,13,16-17,19-21H2,1H3,(H,39,42)(H,40,44)/b10-6-/t22-,25+,27-,28-,35+/m0/s1. The van der Waals surface area contributed by atoms with E-state index in [0.29, 0.717) is 24.5 Å². The van der Waals surface area contributed by atoms with Gasteiger partial charge in [0.15, 0.2) is 0 Å². The number of amides is 3. The van der Waals surface area contributed by atoms with Gasteiger partial charge in [0.1, 0.15) is 23.7 Å². The summed E-state index contributed by atoms with van der Waals surface area (Å²) < 4.78 is 35.7. The van der Waals surface area contributed by atoms with Crippen LogP contribution in [0.4, 0.5) is 5.69 Å². The van der Waals surface area contributed by atoms with E-state index in [0.717, 1.165) is 46.1 Å². The average Bonchev–Trinajstić information content (AvgIpc) is 3.88. The van der Waals surface area contributed by atoms with Crippen LogP contribution in [-0.2, 0) is 24.4 Å². The maximum Gasteiger partial charge on any atom is 0.274 e. The van der Waals surface area contributed by atoms with Crippen molar-refractivity contribution in [3.8, 4) is 5.19 Å². The number of benzene rings is 2. The Morgan fingerprint density at radius 2 is 1.92 bits per heavy atom. The molecule has 49 heavy (non-hydrogen) atoms. The van der Waals surface area contributed by atoms with E-state index in [2.05, 4.69) is 36.3 Å². The molecule has 2 aromatic carbocycles. The van der Waals surface area contributed by atoms with Crippen molar-refractivity contribution in [3.05, 3.63) is 65.2 Å². The van der Waals surface area contributed by atoms with Crippen LogP contribution in [0.1, 0.15) is 64.7 Å². The molecule has 1 aromatic heterocycles.